The van der Waals surface area contributed by atoms with Gasteiger partial charge in [0.2, 0.25) is 0 Å². The number of carbonyl (C=O) groups excluding carboxylic acids is 1. The van der Waals surface area contributed by atoms with Gasteiger partial charge in [-0.05, 0) is 47.0 Å². The molecule has 0 amide bonds. The fraction of sp³-hybridized carbons (Fsp3) is 0.812. The Morgan fingerprint density at radius 3 is 2.37 bits per heavy atom. The molecule has 0 radical (unpaired) electrons. The lowest BCUT2D eigenvalue weighted by atomic mass is 9.82. The summed E-state index contributed by atoms with van der Waals surface area (Å²) in [6, 6.07) is 0. The number of ether oxygens (including phenoxy) is 2. The van der Waals surface area contributed by atoms with E-state index < -0.39 is 11.0 Å². The quantitative estimate of drug-likeness (QED) is 0.579. The standard InChI is InChI=1S/C16H26O3/c1-6-10-16(5,13-8-11-18-12-9-13)19-14(17)15(3,4)7-2/h13H,7-9,11-12H2,1-5H3. The largest absolute Gasteiger partial charge is 0.445 e. The van der Waals surface area contributed by atoms with Gasteiger partial charge in [-0.2, -0.15) is 0 Å². The first-order chi connectivity index (χ1) is 8.85. The summed E-state index contributed by atoms with van der Waals surface area (Å²) in [5.74, 6) is 6.11. The number of rotatable bonds is 4. The first-order valence-corrected chi connectivity index (χ1v) is 7.11. The SMILES string of the molecule is CC#CC(C)(OC(=O)C(C)(C)CC)C1CCOCC1. The molecular formula is C16H26O3. The van der Waals surface area contributed by atoms with E-state index in [1.54, 1.807) is 6.92 Å². The van der Waals surface area contributed by atoms with Gasteiger partial charge in [0, 0.05) is 19.1 Å². The van der Waals surface area contributed by atoms with E-state index in [2.05, 4.69) is 11.8 Å². The highest BCUT2D eigenvalue weighted by molar-refractivity contribution is 5.76. The van der Waals surface area contributed by atoms with Gasteiger partial charge in [0.15, 0.2) is 5.60 Å². The lowest BCUT2D eigenvalue weighted by molar-refractivity contribution is -0.170. The van der Waals surface area contributed by atoms with Crippen molar-refractivity contribution < 1.29 is 14.3 Å². The molecule has 19 heavy (non-hydrogen) atoms. The average molecular weight is 266 g/mol. The fourth-order valence-electron chi connectivity index (χ4n) is 2.18. The second-order valence-electron chi connectivity index (χ2n) is 6.00. The van der Waals surface area contributed by atoms with Crippen molar-refractivity contribution in [3.05, 3.63) is 0 Å². The Morgan fingerprint density at radius 1 is 1.32 bits per heavy atom. The van der Waals surface area contributed by atoms with Crippen molar-refractivity contribution in [3.8, 4) is 11.8 Å². The molecule has 1 fully saturated rings. The third kappa shape index (κ3) is 3.98. The van der Waals surface area contributed by atoms with Crippen molar-refractivity contribution >= 4 is 5.97 Å². The molecule has 1 heterocycles. The Bertz CT molecular complexity index is 369. The first-order valence-electron chi connectivity index (χ1n) is 7.11. The monoisotopic (exact) mass is 266 g/mol. The lowest BCUT2D eigenvalue weighted by Gasteiger charge is -2.37. The van der Waals surface area contributed by atoms with Crippen LogP contribution in [0.1, 0.15) is 53.9 Å². The number of esters is 1. The van der Waals surface area contributed by atoms with Crippen LogP contribution >= 0.6 is 0 Å². The van der Waals surface area contributed by atoms with Gasteiger partial charge in [-0.25, -0.2) is 0 Å². The molecule has 0 N–H and O–H groups in total. The van der Waals surface area contributed by atoms with Crippen LogP contribution in [0.15, 0.2) is 0 Å². The second-order valence-corrected chi connectivity index (χ2v) is 6.00. The molecule has 0 bridgehead atoms. The van der Waals surface area contributed by atoms with Gasteiger partial charge in [0.25, 0.3) is 0 Å². The molecule has 1 aliphatic heterocycles. The highest BCUT2D eigenvalue weighted by Gasteiger charge is 2.40. The molecule has 0 aromatic rings. The van der Waals surface area contributed by atoms with Gasteiger partial charge in [-0.15, -0.1) is 5.92 Å². The van der Waals surface area contributed by atoms with Gasteiger partial charge in [0.1, 0.15) is 0 Å². The molecule has 1 aliphatic rings. The predicted molar refractivity (Wildman–Crippen MR) is 75.6 cm³/mol. The summed E-state index contributed by atoms with van der Waals surface area (Å²) < 4.78 is 11.2. The van der Waals surface area contributed by atoms with Crippen molar-refractivity contribution in [1.82, 2.24) is 0 Å². The smallest absolute Gasteiger partial charge is 0.313 e. The molecule has 0 aliphatic carbocycles. The van der Waals surface area contributed by atoms with E-state index in [1.165, 1.54) is 0 Å². The van der Waals surface area contributed by atoms with Gasteiger partial charge in [-0.1, -0.05) is 12.8 Å². The van der Waals surface area contributed by atoms with Gasteiger partial charge >= 0.3 is 5.97 Å². The Balaban J connectivity index is 2.86. The minimum Gasteiger partial charge on any atom is -0.445 e. The zero-order chi connectivity index (χ0) is 14.5. The average Bonchev–Trinajstić information content (AvgIpc) is 2.40. The highest BCUT2D eigenvalue weighted by atomic mass is 16.6. The van der Waals surface area contributed by atoms with E-state index >= 15 is 0 Å². The molecule has 0 aromatic heterocycles. The van der Waals surface area contributed by atoms with E-state index in [-0.39, 0.29) is 11.9 Å². The number of hydrogen-bond donors (Lipinski definition) is 0. The molecule has 1 rings (SSSR count). The topological polar surface area (TPSA) is 35.5 Å². The zero-order valence-corrected chi connectivity index (χ0v) is 12.8. The van der Waals surface area contributed by atoms with Crippen LogP contribution in [0.2, 0.25) is 0 Å². The molecule has 0 saturated carbocycles. The Labute approximate surface area is 117 Å². The van der Waals surface area contributed by atoms with Crippen LogP contribution in [-0.4, -0.2) is 24.8 Å². The summed E-state index contributed by atoms with van der Waals surface area (Å²) in [7, 11) is 0. The van der Waals surface area contributed by atoms with Crippen LogP contribution in [0.4, 0.5) is 0 Å². The van der Waals surface area contributed by atoms with Gasteiger partial charge in [-0.3, -0.25) is 4.79 Å². The fourth-order valence-corrected chi connectivity index (χ4v) is 2.18. The Kier molecular flexibility index (Phi) is 5.43. The second kappa shape index (κ2) is 6.43. The number of carbonyl (C=O) groups is 1. The normalized spacial score (nSPS) is 20.1. The predicted octanol–water partition coefficient (Wildman–Crippen LogP) is 3.17. The van der Waals surface area contributed by atoms with Gasteiger partial charge < -0.3 is 9.47 Å². The summed E-state index contributed by atoms with van der Waals surface area (Å²) >= 11 is 0. The van der Waals surface area contributed by atoms with E-state index in [9.17, 15) is 4.79 Å². The summed E-state index contributed by atoms with van der Waals surface area (Å²) in [5, 5.41) is 0. The summed E-state index contributed by atoms with van der Waals surface area (Å²) in [4.78, 5) is 12.3. The molecule has 108 valence electrons. The maximum Gasteiger partial charge on any atom is 0.313 e. The van der Waals surface area contributed by atoms with E-state index in [0.717, 1.165) is 32.5 Å². The molecule has 1 atom stereocenters. The van der Waals surface area contributed by atoms with Crippen molar-refractivity contribution in [2.24, 2.45) is 11.3 Å². The molecule has 3 nitrogen and oxygen atoms in total. The Morgan fingerprint density at radius 2 is 1.89 bits per heavy atom. The zero-order valence-electron chi connectivity index (χ0n) is 12.8. The Hall–Kier alpha value is -1.01. The van der Waals surface area contributed by atoms with E-state index in [1.807, 2.05) is 27.7 Å². The first kappa shape index (κ1) is 16.0. The van der Waals surface area contributed by atoms with Crippen LogP contribution in [-0.2, 0) is 14.3 Å². The van der Waals surface area contributed by atoms with Crippen molar-refractivity contribution in [3.63, 3.8) is 0 Å². The van der Waals surface area contributed by atoms with E-state index in [0.29, 0.717) is 0 Å². The minimum absolute atomic E-state index is 0.160. The minimum atomic E-state index is -0.692. The summed E-state index contributed by atoms with van der Waals surface area (Å²) in [6.45, 7) is 11.0. The third-order valence-electron chi connectivity index (χ3n) is 4.11. The molecule has 0 aromatic carbocycles. The summed E-state index contributed by atoms with van der Waals surface area (Å²) in [6.07, 6.45) is 2.55. The molecule has 1 saturated heterocycles. The maximum atomic E-state index is 12.3. The van der Waals surface area contributed by atoms with Crippen molar-refractivity contribution in [1.29, 1.82) is 0 Å². The van der Waals surface area contributed by atoms with Crippen molar-refractivity contribution in [2.45, 2.75) is 59.5 Å². The maximum absolute atomic E-state index is 12.3. The molecule has 3 heteroatoms. The highest BCUT2D eigenvalue weighted by Crippen LogP contribution is 2.33. The molecular weight excluding hydrogens is 240 g/mol. The third-order valence-corrected chi connectivity index (χ3v) is 4.11. The van der Waals surface area contributed by atoms with E-state index in [4.69, 9.17) is 9.47 Å². The van der Waals surface area contributed by atoms with Crippen LogP contribution < -0.4 is 0 Å². The lowest BCUT2D eigenvalue weighted by Crippen LogP contribution is -2.44. The number of hydrogen-bond acceptors (Lipinski definition) is 3. The molecule has 0 spiro atoms. The van der Waals surface area contributed by atoms with Crippen LogP contribution in [0.3, 0.4) is 0 Å². The summed E-state index contributed by atoms with van der Waals surface area (Å²) in [5.41, 5.74) is -1.15. The van der Waals surface area contributed by atoms with Crippen molar-refractivity contribution in [2.75, 3.05) is 13.2 Å². The van der Waals surface area contributed by atoms with Crippen LogP contribution in [0.5, 0.6) is 0 Å². The van der Waals surface area contributed by atoms with Crippen LogP contribution in [0, 0.1) is 23.2 Å². The van der Waals surface area contributed by atoms with Crippen LogP contribution in [0.25, 0.3) is 0 Å². The molecule has 1 unspecified atom stereocenters. The van der Waals surface area contributed by atoms with Gasteiger partial charge in [0.05, 0.1) is 5.41 Å².